The lowest BCUT2D eigenvalue weighted by molar-refractivity contribution is 0.262. The second-order valence-electron chi connectivity index (χ2n) is 6.71. The van der Waals surface area contributed by atoms with Crippen molar-refractivity contribution in [3.05, 3.63) is 66.5 Å². The molecule has 2 N–H and O–H groups in total. The fourth-order valence-corrected chi connectivity index (χ4v) is 3.31. The number of nitrogens with one attached hydrogen (secondary N) is 2. The highest BCUT2D eigenvalue weighted by Gasteiger charge is 2.19. The summed E-state index contributed by atoms with van der Waals surface area (Å²) in [6, 6.07) is 9.52. The summed E-state index contributed by atoms with van der Waals surface area (Å²) in [7, 11) is 0. The minimum Gasteiger partial charge on any atom is -0.355 e. The summed E-state index contributed by atoms with van der Waals surface area (Å²) >= 11 is 0. The van der Waals surface area contributed by atoms with Gasteiger partial charge in [0.05, 0.1) is 5.69 Å². The molecule has 1 aliphatic rings. The van der Waals surface area contributed by atoms with Crippen LogP contribution in [0, 0.1) is 11.6 Å². The summed E-state index contributed by atoms with van der Waals surface area (Å²) in [5.41, 5.74) is 1.96. The topological polar surface area (TPSA) is 70.2 Å². The van der Waals surface area contributed by atoms with Crippen LogP contribution in [-0.2, 0) is 0 Å². The number of benzene rings is 2. The van der Waals surface area contributed by atoms with Crippen LogP contribution in [0.2, 0.25) is 0 Å². The van der Waals surface area contributed by atoms with E-state index in [0.29, 0.717) is 11.8 Å². The number of hydrogen-bond acceptors (Lipinski definition) is 4. The molecule has 0 aliphatic carbocycles. The number of rotatable bonds is 4. The van der Waals surface area contributed by atoms with Crippen LogP contribution in [0.1, 0.15) is 12.8 Å². The van der Waals surface area contributed by atoms with Gasteiger partial charge in [-0.1, -0.05) is 12.1 Å². The zero-order valence-corrected chi connectivity index (χ0v) is 15.5. The Morgan fingerprint density at radius 2 is 1.76 bits per heavy atom. The van der Waals surface area contributed by atoms with E-state index in [0.717, 1.165) is 49.1 Å². The molecule has 2 heterocycles. The van der Waals surface area contributed by atoms with Crippen molar-refractivity contribution in [1.29, 1.82) is 0 Å². The number of carbonyl (C=O) groups excluding carboxylic acids is 1. The minimum atomic E-state index is -0.844. The first-order valence-corrected chi connectivity index (χ1v) is 9.29. The number of hydrogen-bond donors (Lipinski definition) is 2. The highest BCUT2D eigenvalue weighted by atomic mass is 19.1. The maximum atomic E-state index is 13.7. The van der Waals surface area contributed by atoms with Crippen LogP contribution in [0.15, 0.2) is 54.9 Å². The molecule has 4 rings (SSSR count). The molecule has 29 heavy (non-hydrogen) atoms. The van der Waals surface area contributed by atoms with Gasteiger partial charge in [0.1, 0.15) is 17.3 Å². The molecule has 2 aromatic carbocycles. The van der Waals surface area contributed by atoms with E-state index in [1.54, 1.807) is 30.6 Å². The lowest BCUT2D eigenvalue weighted by atomic mass is 10.1. The summed E-state index contributed by atoms with van der Waals surface area (Å²) in [5.74, 6) is -0.734. The molecule has 0 atom stereocenters. The number of halogens is 2. The lowest BCUT2D eigenvalue weighted by Gasteiger charge is -2.19. The molecule has 0 saturated carbocycles. The van der Waals surface area contributed by atoms with Gasteiger partial charge in [-0.15, -0.1) is 0 Å². The summed E-state index contributed by atoms with van der Waals surface area (Å²) < 4.78 is 26.7. The number of anilines is 3. The van der Waals surface area contributed by atoms with Crippen LogP contribution in [0.4, 0.5) is 30.8 Å². The van der Waals surface area contributed by atoms with E-state index >= 15 is 0 Å². The summed E-state index contributed by atoms with van der Waals surface area (Å²) in [6.45, 7) is 1.88. The third-order valence-electron chi connectivity index (χ3n) is 4.66. The smallest absolute Gasteiger partial charge is 0.323 e. The van der Waals surface area contributed by atoms with Crippen LogP contribution < -0.4 is 15.5 Å². The summed E-state index contributed by atoms with van der Waals surface area (Å²) in [6.07, 6.45) is 5.55. The number of urea groups is 1. The van der Waals surface area contributed by atoms with Gasteiger partial charge in [0, 0.05) is 42.8 Å². The van der Waals surface area contributed by atoms with Crippen LogP contribution >= 0.6 is 0 Å². The predicted octanol–water partition coefficient (Wildman–Crippen LogP) is 4.67. The molecule has 6 nitrogen and oxygen atoms in total. The molecule has 1 fully saturated rings. The Kier molecular flexibility index (Phi) is 5.33. The molecule has 2 amide bonds. The molecular formula is C21H19F2N5O. The van der Waals surface area contributed by atoms with Crippen molar-refractivity contribution >= 4 is 23.2 Å². The fourth-order valence-electron chi connectivity index (χ4n) is 3.31. The van der Waals surface area contributed by atoms with E-state index in [1.165, 1.54) is 6.07 Å². The zero-order valence-electron chi connectivity index (χ0n) is 15.5. The van der Waals surface area contributed by atoms with Crippen molar-refractivity contribution < 1.29 is 13.6 Å². The zero-order chi connectivity index (χ0) is 20.2. The molecule has 8 heteroatoms. The van der Waals surface area contributed by atoms with Crippen molar-refractivity contribution in [2.75, 3.05) is 28.6 Å². The van der Waals surface area contributed by atoms with Gasteiger partial charge in [-0.3, -0.25) is 4.98 Å². The van der Waals surface area contributed by atoms with Gasteiger partial charge in [-0.25, -0.2) is 18.6 Å². The van der Waals surface area contributed by atoms with Gasteiger partial charge in [0.15, 0.2) is 5.82 Å². The molecule has 1 aliphatic heterocycles. The Bertz CT molecular complexity index is 1040. The van der Waals surface area contributed by atoms with E-state index in [1.807, 2.05) is 6.07 Å². The molecule has 0 unspecified atom stereocenters. The quantitative estimate of drug-likeness (QED) is 0.674. The third-order valence-corrected chi connectivity index (χ3v) is 4.66. The predicted molar refractivity (Wildman–Crippen MR) is 108 cm³/mol. The molecule has 0 spiro atoms. The Morgan fingerprint density at radius 1 is 0.966 bits per heavy atom. The van der Waals surface area contributed by atoms with Gasteiger partial charge in [-0.2, -0.15) is 0 Å². The number of nitrogens with zero attached hydrogens (tertiary/aromatic N) is 3. The van der Waals surface area contributed by atoms with Crippen LogP contribution in [0.3, 0.4) is 0 Å². The van der Waals surface area contributed by atoms with Gasteiger partial charge in [0.25, 0.3) is 0 Å². The second-order valence-corrected chi connectivity index (χ2v) is 6.71. The average Bonchev–Trinajstić information content (AvgIpc) is 3.25. The summed E-state index contributed by atoms with van der Waals surface area (Å²) in [5, 5.41) is 5.03. The molecule has 1 aromatic heterocycles. The monoisotopic (exact) mass is 395 g/mol. The molecule has 3 aromatic rings. The first-order valence-electron chi connectivity index (χ1n) is 9.29. The van der Waals surface area contributed by atoms with E-state index in [9.17, 15) is 13.6 Å². The summed E-state index contributed by atoms with van der Waals surface area (Å²) in [4.78, 5) is 23.4. The van der Waals surface area contributed by atoms with Gasteiger partial charge >= 0.3 is 6.03 Å². The van der Waals surface area contributed by atoms with Gasteiger partial charge < -0.3 is 15.5 Å². The highest BCUT2D eigenvalue weighted by molar-refractivity contribution is 6.00. The molecule has 0 bridgehead atoms. The fraction of sp³-hybridized carbons (Fsp3) is 0.190. The number of carbonyl (C=O) groups is 1. The number of amides is 2. The second kappa shape index (κ2) is 8.22. The third kappa shape index (κ3) is 4.31. The molecule has 148 valence electrons. The van der Waals surface area contributed by atoms with E-state index in [-0.39, 0.29) is 5.69 Å². The molecular weight excluding hydrogens is 376 g/mol. The Balaban J connectivity index is 1.53. The van der Waals surface area contributed by atoms with E-state index in [2.05, 4.69) is 25.5 Å². The van der Waals surface area contributed by atoms with Crippen molar-refractivity contribution in [3.63, 3.8) is 0 Å². The average molecular weight is 395 g/mol. The van der Waals surface area contributed by atoms with Gasteiger partial charge in [0.2, 0.25) is 0 Å². The van der Waals surface area contributed by atoms with Crippen LogP contribution in [0.25, 0.3) is 11.3 Å². The minimum absolute atomic E-state index is 0.106. The first kappa shape index (κ1) is 18.8. The SMILES string of the molecule is O=C(Nc1cccc(-c2nccnc2N2CCCC2)c1)Nc1ccc(F)cc1F. The normalized spacial score (nSPS) is 13.4. The van der Waals surface area contributed by atoms with E-state index < -0.39 is 17.7 Å². The van der Waals surface area contributed by atoms with Crippen molar-refractivity contribution in [3.8, 4) is 11.3 Å². The first-order chi connectivity index (χ1) is 14.1. The Morgan fingerprint density at radius 3 is 2.55 bits per heavy atom. The van der Waals surface area contributed by atoms with Crippen LogP contribution in [0.5, 0.6) is 0 Å². The maximum Gasteiger partial charge on any atom is 0.323 e. The van der Waals surface area contributed by atoms with Crippen molar-refractivity contribution in [1.82, 2.24) is 9.97 Å². The molecule has 0 radical (unpaired) electrons. The highest BCUT2D eigenvalue weighted by Crippen LogP contribution is 2.30. The van der Waals surface area contributed by atoms with Crippen LogP contribution in [-0.4, -0.2) is 29.1 Å². The Hall–Kier alpha value is -3.55. The van der Waals surface area contributed by atoms with E-state index in [4.69, 9.17) is 0 Å². The van der Waals surface area contributed by atoms with Crippen molar-refractivity contribution in [2.45, 2.75) is 12.8 Å². The maximum absolute atomic E-state index is 13.7. The largest absolute Gasteiger partial charge is 0.355 e. The molecule has 1 saturated heterocycles. The lowest BCUT2D eigenvalue weighted by Crippen LogP contribution is -2.21. The number of aromatic nitrogens is 2. The standard InChI is InChI=1S/C21H19F2N5O/c22-15-6-7-18(17(23)13-15)27-21(29)26-16-5-3-4-14(12-16)19-20(25-9-8-24-19)28-10-1-2-11-28/h3-9,12-13H,1-2,10-11H2,(H2,26,27,29). The van der Waals surface area contributed by atoms with Gasteiger partial charge in [-0.05, 0) is 37.1 Å². The van der Waals surface area contributed by atoms with Crippen molar-refractivity contribution in [2.24, 2.45) is 0 Å². The Labute approximate surface area is 166 Å².